The average molecular weight is 577 g/mol. The van der Waals surface area contributed by atoms with Crippen LogP contribution in [0.5, 0.6) is 0 Å². The Morgan fingerprint density at radius 2 is 1.22 bits per heavy atom. The van der Waals surface area contributed by atoms with Gasteiger partial charge < -0.3 is 19.7 Å². The molecule has 0 saturated heterocycles. The van der Waals surface area contributed by atoms with Crippen LogP contribution in [0.15, 0.2) is 48.6 Å². The molecule has 0 aromatic rings. The number of hydrogen-bond donors (Lipinski definition) is 2. The molecule has 0 spiro atoms. The van der Waals surface area contributed by atoms with E-state index in [0.29, 0.717) is 12.8 Å². The van der Waals surface area contributed by atoms with Crippen molar-refractivity contribution >= 4 is 11.9 Å². The van der Waals surface area contributed by atoms with Gasteiger partial charge in [0.05, 0.1) is 6.10 Å². The topological polar surface area (TPSA) is 93.1 Å². The van der Waals surface area contributed by atoms with E-state index < -0.39 is 6.10 Å². The summed E-state index contributed by atoms with van der Waals surface area (Å²) in [5, 5.41) is 19.7. The highest BCUT2D eigenvalue weighted by Crippen LogP contribution is 2.12. The highest BCUT2D eigenvalue weighted by molar-refractivity contribution is 5.69. The van der Waals surface area contributed by atoms with Crippen molar-refractivity contribution in [1.29, 1.82) is 0 Å². The van der Waals surface area contributed by atoms with Crippen molar-refractivity contribution in [2.45, 2.75) is 142 Å². The average Bonchev–Trinajstić information content (AvgIpc) is 2.94. The van der Waals surface area contributed by atoms with Crippen LogP contribution in [0.1, 0.15) is 130 Å². The van der Waals surface area contributed by atoms with Gasteiger partial charge in [-0.25, -0.2) is 0 Å². The summed E-state index contributed by atoms with van der Waals surface area (Å²) in [6.45, 7) is 6.35. The van der Waals surface area contributed by atoms with Gasteiger partial charge in [0.2, 0.25) is 0 Å². The molecule has 0 rings (SSSR count). The molecule has 0 aliphatic rings. The van der Waals surface area contributed by atoms with Crippen molar-refractivity contribution < 1.29 is 29.3 Å². The first kappa shape index (κ1) is 38.8. The van der Waals surface area contributed by atoms with Crippen molar-refractivity contribution in [3.63, 3.8) is 0 Å². The third kappa shape index (κ3) is 30.6. The Balaban J connectivity index is 3.66. The quantitative estimate of drug-likeness (QED) is 0.0442. The molecule has 0 aliphatic carbocycles. The fourth-order valence-corrected chi connectivity index (χ4v) is 4.08. The Morgan fingerprint density at radius 1 is 0.659 bits per heavy atom. The third-order valence-electron chi connectivity index (χ3n) is 6.60. The molecule has 0 aromatic carbocycles. The number of carbonyl (C=O) groups excluding carboxylic acids is 2. The van der Waals surface area contributed by atoms with Gasteiger partial charge in [-0.05, 0) is 44.4 Å². The molecule has 6 heteroatoms. The second-order valence-corrected chi connectivity index (χ2v) is 11.3. The lowest BCUT2D eigenvalue weighted by molar-refractivity contribution is -0.152. The lowest BCUT2D eigenvalue weighted by atomic mass is 10.0. The molecule has 2 N–H and O–H groups in total. The number of carbonyl (C=O) groups is 2. The smallest absolute Gasteiger partial charge is 0.305 e. The zero-order valence-electron chi connectivity index (χ0n) is 26.3. The number of esters is 2. The molecule has 0 bridgehead atoms. The first-order valence-electron chi connectivity index (χ1n) is 16.2. The maximum Gasteiger partial charge on any atom is 0.305 e. The van der Waals surface area contributed by atoms with E-state index in [9.17, 15) is 19.8 Å². The van der Waals surface area contributed by atoms with Gasteiger partial charge in [0.1, 0.15) is 19.3 Å². The molecular weight excluding hydrogens is 516 g/mol. The van der Waals surface area contributed by atoms with Crippen LogP contribution in [0.3, 0.4) is 0 Å². The van der Waals surface area contributed by atoms with Crippen LogP contribution in [0.2, 0.25) is 0 Å². The molecule has 6 nitrogen and oxygen atoms in total. The summed E-state index contributed by atoms with van der Waals surface area (Å²) in [5.74, 6) is 0.103. The van der Waals surface area contributed by atoms with E-state index >= 15 is 0 Å². The van der Waals surface area contributed by atoms with E-state index in [4.69, 9.17) is 9.47 Å². The van der Waals surface area contributed by atoms with E-state index in [-0.39, 0.29) is 37.7 Å². The molecule has 0 saturated carbocycles. The van der Waals surface area contributed by atoms with Crippen molar-refractivity contribution in [3.05, 3.63) is 48.6 Å². The van der Waals surface area contributed by atoms with Gasteiger partial charge in [-0.15, -0.1) is 0 Å². The Hall–Kier alpha value is -2.18. The Morgan fingerprint density at radius 3 is 1.88 bits per heavy atom. The molecular formula is C35H60O6. The van der Waals surface area contributed by atoms with E-state index in [0.717, 1.165) is 63.7 Å². The number of allylic oxidation sites excluding steroid dienone is 7. The fourth-order valence-electron chi connectivity index (χ4n) is 4.08. The lowest BCUT2D eigenvalue weighted by Crippen LogP contribution is -2.25. The lowest BCUT2D eigenvalue weighted by Gasteiger charge is -2.12. The normalized spacial score (nSPS) is 13.7. The van der Waals surface area contributed by atoms with Gasteiger partial charge in [0, 0.05) is 12.8 Å². The summed E-state index contributed by atoms with van der Waals surface area (Å²) in [6.07, 6.45) is 30.8. The third-order valence-corrected chi connectivity index (χ3v) is 6.60. The first-order chi connectivity index (χ1) is 19.8. The fraction of sp³-hybridized carbons (Fsp3) is 0.714. The van der Waals surface area contributed by atoms with Gasteiger partial charge in [-0.1, -0.05) is 127 Å². The van der Waals surface area contributed by atoms with Crippen LogP contribution in [-0.2, 0) is 19.1 Å². The largest absolute Gasteiger partial charge is 0.463 e. The van der Waals surface area contributed by atoms with Crippen LogP contribution >= 0.6 is 0 Å². The van der Waals surface area contributed by atoms with E-state index in [2.05, 4.69) is 51.2 Å². The molecule has 0 radical (unpaired) electrons. The van der Waals surface area contributed by atoms with Gasteiger partial charge in [0.15, 0.2) is 0 Å². The minimum atomic E-state index is -0.997. The molecule has 236 valence electrons. The zero-order valence-corrected chi connectivity index (χ0v) is 26.3. The standard InChI is InChI=1S/C35H60O6/c1-4-5-19-25-32(36)26-21-16-11-9-7-6-8-10-12-17-22-27-34(38)40-29-33(37)30-41-35(39)28-23-18-14-13-15-20-24-31(2)3/h6-7,10-12,16,21,26,31-33,36-37H,4-5,8-9,13-15,17-20,22-25,27-30H2,1-3H3/b7-6-,12-10-,16-11-,26-21+/t32-,33-/m1/s1. The number of unbranched alkanes of at least 4 members (excludes halogenated alkanes) is 8. The minimum Gasteiger partial charge on any atom is -0.463 e. The zero-order chi connectivity index (χ0) is 30.4. The van der Waals surface area contributed by atoms with E-state index in [1.807, 2.05) is 18.2 Å². The molecule has 2 atom stereocenters. The maximum atomic E-state index is 11.9. The highest BCUT2D eigenvalue weighted by Gasteiger charge is 2.12. The molecule has 0 heterocycles. The molecule has 0 unspecified atom stereocenters. The highest BCUT2D eigenvalue weighted by atomic mass is 16.6. The van der Waals surface area contributed by atoms with Gasteiger partial charge in [0.25, 0.3) is 0 Å². The summed E-state index contributed by atoms with van der Waals surface area (Å²) in [6, 6.07) is 0. The number of rotatable bonds is 27. The minimum absolute atomic E-state index is 0.147. The van der Waals surface area contributed by atoms with Gasteiger partial charge >= 0.3 is 11.9 Å². The first-order valence-corrected chi connectivity index (χ1v) is 16.2. The molecule has 0 fully saturated rings. The van der Waals surface area contributed by atoms with Crippen molar-refractivity contribution in [2.75, 3.05) is 13.2 Å². The maximum absolute atomic E-state index is 11.9. The van der Waals surface area contributed by atoms with Crippen molar-refractivity contribution in [1.82, 2.24) is 0 Å². The van der Waals surface area contributed by atoms with Crippen molar-refractivity contribution in [2.24, 2.45) is 5.92 Å². The Bertz CT molecular complexity index is 737. The molecule has 0 aromatic heterocycles. The predicted octanol–water partition coefficient (Wildman–Crippen LogP) is 8.33. The van der Waals surface area contributed by atoms with Crippen molar-refractivity contribution in [3.8, 4) is 0 Å². The monoisotopic (exact) mass is 576 g/mol. The van der Waals surface area contributed by atoms with Crippen LogP contribution in [-0.4, -0.2) is 47.6 Å². The SMILES string of the molecule is CCCCC[C@@H](O)/C=C/C=C\C/C=C\C/C=C\CCCC(=O)OC[C@@H](O)COC(=O)CCCCCCCCC(C)C. The molecule has 0 aliphatic heterocycles. The number of ether oxygens (including phenoxy) is 2. The summed E-state index contributed by atoms with van der Waals surface area (Å²) < 4.78 is 10.2. The van der Waals surface area contributed by atoms with E-state index in [1.165, 1.54) is 32.1 Å². The van der Waals surface area contributed by atoms with Crippen LogP contribution in [0.25, 0.3) is 0 Å². The predicted molar refractivity (Wildman–Crippen MR) is 169 cm³/mol. The number of aliphatic hydroxyl groups is 2. The number of hydrogen-bond acceptors (Lipinski definition) is 6. The van der Waals surface area contributed by atoms with Gasteiger partial charge in [-0.2, -0.15) is 0 Å². The van der Waals surface area contributed by atoms with Crippen LogP contribution in [0.4, 0.5) is 0 Å². The Labute approximate surface area is 251 Å². The summed E-state index contributed by atoms with van der Waals surface area (Å²) in [4.78, 5) is 23.7. The summed E-state index contributed by atoms with van der Waals surface area (Å²) in [7, 11) is 0. The Kier molecular flexibility index (Phi) is 27.8. The second kappa shape index (κ2) is 29.3. The van der Waals surface area contributed by atoms with Crippen LogP contribution in [0, 0.1) is 5.92 Å². The summed E-state index contributed by atoms with van der Waals surface area (Å²) >= 11 is 0. The van der Waals surface area contributed by atoms with E-state index in [1.54, 1.807) is 0 Å². The number of aliphatic hydroxyl groups excluding tert-OH is 2. The molecule has 41 heavy (non-hydrogen) atoms. The molecule has 0 amide bonds. The van der Waals surface area contributed by atoms with Gasteiger partial charge in [-0.3, -0.25) is 9.59 Å². The summed E-state index contributed by atoms with van der Waals surface area (Å²) in [5.41, 5.74) is 0. The van der Waals surface area contributed by atoms with Crippen LogP contribution < -0.4 is 0 Å². The second-order valence-electron chi connectivity index (χ2n) is 11.3.